The molecule has 0 aromatic carbocycles. The fourth-order valence-electron chi connectivity index (χ4n) is 1.82. The number of hydrogen-bond acceptors (Lipinski definition) is 6. The Morgan fingerprint density at radius 3 is 2.43 bits per heavy atom. The van der Waals surface area contributed by atoms with Gasteiger partial charge in [-0.1, -0.05) is 20.0 Å². The van der Waals surface area contributed by atoms with E-state index in [-0.39, 0.29) is 23.1 Å². The minimum atomic E-state index is -4.06. The Balaban J connectivity index is 2.23. The van der Waals surface area contributed by atoms with Crippen LogP contribution in [0.25, 0.3) is 0 Å². The smallest absolute Gasteiger partial charge is 0.282 e. The lowest BCUT2D eigenvalue weighted by molar-refractivity contribution is -0.129. The van der Waals surface area contributed by atoms with Gasteiger partial charge in [-0.3, -0.25) is 4.79 Å². The van der Waals surface area contributed by atoms with E-state index in [1.165, 1.54) is 12.1 Å². The van der Waals surface area contributed by atoms with Crippen molar-refractivity contribution in [3.8, 4) is 0 Å². The fraction of sp³-hybridized carbons (Fsp3) is 0.400. The van der Waals surface area contributed by atoms with Crippen molar-refractivity contribution in [1.82, 2.24) is 13.6 Å². The molecule has 2 unspecified atom stereocenters. The predicted octanol–water partition coefficient (Wildman–Crippen LogP) is -0.0423. The predicted molar refractivity (Wildman–Crippen MR) is 74.4 cm³/mol. The lowest BCUT2D eigenvalue weighted by Crippen LogP contribution is -2.56. The van der Waals surface area contributed by atoms with Crippen LogP contribution in [0.15, 0.2) is 23.2 Å². The van der Waals surface area contributed by atoms with Crippen molar-refractivity contribution in [2.75, 3.05) is 25.9 Å². The highest BCUT2D eigenvalue weighted by atomic mass is 35.5. The van der Waals surface area contributed by atoms with E-state index >= 15 is 0 Å². The number of carbonyl (C=O) groups is 1. The second kappa shape index (κ2) is 5.71. The maximum atomic E-state index is 12.3. The molecular formula is C10H12ClN3O5S2. The normalized spacial score (nSPS) is 22.7. The highest BCUT2D eigenvalue weighted by Gasteiger charge is 2.42. The van der Waals surface area contributed by atoms with E-state index in [2.05, 4.69) is 4.98 Å². The largest absolute Gasteiger partial charge is 0.598 e. The van der Waals surface area contributed by atoms with E-state index in [1.807, 2.05) is 0 Å². The second-order valence-electron chi connectivity index (χ2n) is 4.38. The molecule has 11 heteroatoms. The highest BCUT2D eigenvalue weighted by Crippen LogP contribution is 2.24. The zero-order chi connectivity index (χ0) is 15.8. The van der Waals surface area contributed by atoms with Gasteiger partial charge in [0.05, 0.1) is 19.3 Å². The molecule has 0 saturated carbocycles. The third kappa shape index (κ3) is 3.47. The van der Waals surface area contributed by atoms with Crippen LogP contribution in [0.2, 0.25) is 5.15 Å². The average Bonchev–Trinajstić information content (AvgIpc) is 2.37. The molecule has 0 bridgehead atoms. The van der Waals surface area contributed by atoms with Gasteiger partial charge in [-0.25, -0.2) is 4.98 Å². The Labute approximate surface area is 128 Å². The van der Waals surface area contributed by atoms with Crippen LogP contribution < -0.4 is 0 Å². The number of piperazine rings is 1. The van der Waals surface area contributed by atoms with Crippen molar-refractivity contribution in [2.24, 2.45) is 0 Å². The number of sulfonamides is 2. The van der Waals surface area contributed by atoms with Gasteiger partial charge in [-0.05, 0) is 12.1 Å². The van der Waals surface area contributed by atoms with Crippen LogP contribution in [0.5, 0.6) is 0 Å². The van der Waals surface area contributed by atoms with Gasteiger partial charge in [0.25, 0.3) is 5.91 Å². The zero-order valence-corrected chi connectivity index (χ0v) is 13.3. The van der Waals surface area contributed by atoms with Crippen LogP contribution in [0.3, 0.4) is 0 Å². The summed E-state index contributed by atoms with van der Waals surface area (Å²) < 4.78 is 49.0. The minimum absolute atomic E-state index is 0.0785. The standard InChI is InChI=1S/C10H12ClN3O5S2/c1-20(16,17)13-4-5-14(10(15)7-13)21(18,19)8-2-3-9(11)12-6-8/h2-3,6H,4-5,7H2,1H3. The van der Waals surface area contributed by atoms with E-state index in [0.29, 0.717) is 4.31 Å². The SMILES string of the molecule is C[S+](=O)([O-])N1CCN([S+](=O)([O-])c2ccc(Cl)nc2)C(=O)C1. The van der Waals surface area contributed by atoms with Crippen molar-refractivity contribution < 1.29 is 22.3 Å². The molecule has 116 valence electrons. The topological polar surface area (TPSA) is 117 Å². The third-order valence-corrected chi connectivity index (χ3v) is 6.18. The number of nitrogens with zero attached hydrogens (tertiary/aromatic N) is 3. The Morgan fingerprint density at radius 2 is 1.95 bits per heavy atom. The Bertz CT molecular complexity index is 647. The maximum absolute atomic E-state index is 12.3. The monoisotopic (exact) mass is 353 g/mol. The first-order chi connectivity index (χ1) is 9.62. The van der Waals surface area contributed by atoms with Gasteiger partial charge in [-0.2, -0.15) is 4.31 Å². The van der Waals surface area contributed by atoms with E-state index in [4.69, 9.17) is 11.6 Å². The molecule has 1 fully saturated rings. The summed E-state index contributed by atoms with van der Waals surface area (Å²) >= 11 is 5.59. The first-order valence-corrected chi connectivity index (χ1v) is 9.41. The highest BCUT2D eigenvalue weighted by molar-refractivity contribution is 7.96. The Kier molecular flexibility index (Phi) is 4.47. The summed E-state index contributed by atoms with van der Waals surface area (Å²) in [6.07, 6.45) is 2.02. The zero-order valence-electron chi connectivity index (χ0n) is 10.9. The summed E-state index contributed by atoms with van der Waals surface area (Å²) in [5.41, 5.74) is 0. The Morgan fingerprint density at radius 1 is 1.29 bits per heavy atom. The van der Waals surface area contributed by atoms with Crippen molar-refractivity contribution in [3.63, 3.8) is 0 Å². The molecule has 1 saturated heterocycles. The number of amides is 1. The number of halogens is 1. The number of pyridine rings is 1. The third-order valence-electron chi connectivity index (χ3n) is 2.90. The van der Waals surface area contributed by atoms with Crippen LogP contribution in [0.4, 0.5) is 0 Å². The molecule has 0 N–H and O–H groups in total. The summed E-state index contributed by atoms with van der Waals surface area (Å²) in [5, 5.41) is 0.127. The molecule has 1 aromatic rings. The van der Waals surface area contributed by atoms with E-state index in [9.17, 15) is 22.3 Å². The number of aromatic nitrogens is 1. The van der Waals surface area contributed by atoms with Crippen LogP contribution >= 0.6 is 11.6 Å². The maximum Gasteiger partial charge on any atom is 0.282 e. The molecule has 2 rings (SSSR count). The van der Waals surface area contributed by atoms with Crippen molar-refractivity contribution in [1.29, 1.82) is 0 Å². The average molecular weight is 354 g/mol. The molecule has 2 heterocycles. The minimum Gasteiger partial charge on any atom is -0.598 e. The molecule has 0 radical (unpaired) electrons. The number of carbonyl (C=O) groups excluding carboxylic acids is 1. The van der Waals surface area contributed by atoms with Gasteiger partial charge in [-0.15, -0.1) is 4.31 Å². The molecule has 8 nitrogen and oxygen atoms in total. The van der Waals surface area contributed by atoms with E-state index < -0.39 is 33.3 Å². The summed E-state index contributed by atoms with van der Waals surface area (Å²) in [4.78, 5) is 15.4. The molecule has 1 aliphatic rings. The summed E-state index contributed by atoms with van der Waals surface area (Å²) in [7, 11) is -7.59. The van der Waals surface area contributed by atoms with E-state index in [1.54, 1.807) is 0 Å². The van der Waals surface area contributed by atoms with Gasteiger partial charge in [0.2, 0.25) is 0 Å². The molecule has 21 heavy (non-hydrogen) atoms. The van der Waals surface area contributed by atoms with Crippen LogP contribution in [0.1, 0.15) is 0 Å². The van der Waals surface area contributed by atoms with Crippen molar-refractivity contribution in [3.05, 3.63) is 23.5 Å². The molecule has 0 aliphatic carbocycles. The summed E-state index contributed by atoms with van der Waals surface area (Å²) in [5.74, 6) is -0.804. The quantitative estimate of drug-likeness (QED) is 0.556. The van der Waals surface area contributed by atoms with Gasteiger partial charge in [0.15, 0.2) is 15.3 Å². The number of hydrogen-bond donors (Lipinski definition) is 0. The van der Waals surface area contributed by atoms with Gasteiger partial charge < -0.3 is 9.11 Å². The molecule has 0 spiro atoms. The fourth-order valence-corrected chi connectivity index (χ4v) is 4.01. The first kappa shape index (κ1) is 16.5. The summed E-state index contributed by atoms with van der Waals surface area (Å²) in [6.45, 7) is -0.819. The molecule has 1 amide bonds. The Hall–Kier alpha value is -0.910. The van der Waals surface area contributed by atoms with Gasteiger partial charge in [0.1, 0.15) is 28.4 Å². The molecule has 1 aliphatic heterocycles. The lowest BCUT2D eigenvalue weighted by atomic mass is 10.4. The molecular weight excluding hydrogens is 342 g/mol. The van der Waals surface area contributed by atoms with E-state index in [0.717, 1.165) is 16.8 Å². The van der Waals surface area contributed by atoms with Crippen LogP contribution in [-0.2, 0) is 34.0 Å². The first-order valence-electron chi connectivity index (χ1n) is 5.74. The summed E-state index contributed by atoms with van der Waals surface area (Å²) in [6, 6.07) is 2.53. The van der Waals surface area contributed by atoms with Crippen molar-refractivity contribution in [2.45, 2.75) is 4.90 Å². The lowest BCUT2D eigenvalue weighted by Gasteiger charge is -2.34. The molecule has 1 aromatic heterocycles. The van der Waals surface area contributed by atoms with Gasteiger partial charge >= 0.3 is 0 Å². The number of rotatable bonds is 3. The van der Waals surface area contributed by atoms with Crippen LogP contribution in [-0.4, -0.2) is 54.5 Å². The second-order valence-corrected chi connectivity index (χ2v) is 8.62. The van der Waals surface area contributed by atoms with Gasteiger partial charge in [0, 0.05) is 0 Å². The molecule has 2 atom stereocenters. The van der Waals surface area contributed by atoms with Crippen molar-refractivity contribution >= 4 is 38.3 Å². The van der Waals surface area contributed by atoms with Crippen LogP contribution in [0, 0.1) is 0 Å².